The van der Waals surface area contributed by atoms with Gasteiger partial charge in [0.2, 0.25) is 0 Å². The zero-order valence-corrected chi connectivity index (χ0v) is 8.79. The first-order chi connectivity index (χ1) is 7.62. The lowest BCUT2D eigenvalue weighted by Crippen LogP contribution is -2.30. The van der Waals surface area contributed by atoms with Gasteiger partial charge in [0.05, 0.1) is 6.54 Å². The summed E-state index contributed by atoms with van der Waals surface area (Å²) < 4.78 is 26.5. The molecule has 2 aromatic carbocycles. The average molecular weight is 221 g/mol. The van der Waals surface area contributed by atoms with E-state index in [1.165, 1.54) is 0 Å². The zero-order chi connectivity index (χ0) is 11.6. The van der Waals surface area contributed by atoms with Gasteiger partial charge in [-0.3, -0.25) is 0 Å². The van der Waals surface area contributed by atoms with Gasteiger partial charge in [0.25, 0.3) is 5.92 Å². The average Bonchev–Trinajstić information content (AvgIpc) is 2.29. The Morgan fingerprint density at radius 1 is 1.00 bits per heavy atom. The third-order valence-corrected chi connectivity index (χ3v) is 2.63. The van der Waals surface area contributed by atoms with Gasteiger partial charge in [0.15, 0.2) is 0 Å². The van der Waals surface area contributed by atoms with Crippen molar-refractivity contribution in [3.8, 4) is 0 Å². The molecule has 0 saturated carbocycles. The molecule has 0 spiro atoms. The first kappa shape index (κ1) is 11.0. The minimum atomic E-state index is -2.83. The Balaban J connectivity index is 2.45. The van der Waals surface area contributed by atoms with Crippen LogP contribution in [-0.4, -0.2) is 12.5 Å². The molecule has 0 aliphatic carbocycles. The van der Waals surface area contributed by atoms with E-state index in [2.05, 4.69) is 0 Å². The van der Waals surface area contributed by atoms with Gasteiger partial charge in [-0.15, -0.1) is 0 Å². The Hall–Kier alpha value is -1.48. The molecular weight excluding hydrogens is 208 g/mol. The molecular formula is C13H13F2N. The second-order valence-electron chi connectivity index (χ2n) is 3.88. The molecule has 0 aliphatic heterocycles. The normalized spacial score (nSPS) is 11.9. The van der Waals surface area contributed by atoms with Crippen molar-refractivity contribution in [2.24, 2.45) is 5.73 Å². The Bertz CT molecular complexity index is 489. The van der Waals surface area contributed by atoms with Gasteiger partial charge in [-0.2, -0.15) is 0 Å². The molecule has 2 rings (SSSR count). The largest absolute Gasteiger partial charge is 0.325 e. The summed E-state index contributed by atoms with van der Waals surface area (Å²) in [6.45, 7) is -0.615. The fourth-order valence-electron chi connectivity index (χ4n) is 1.80. The molecule has 0 atom stereocenters. The minimum absolute atomic E-state index is 0.301. The highest BCUT2D eigenvalue weighted by Gasteiger charge is 2.27. The van der Waals surface area contributed by atoms with Crippen molar-refractivity contribution in [1.29, 1.82) is 0 Å². The summed E-state index contributed by atoms with van der Waals surface area (Å²) in [5.41, 5.74) is 5.70. The second kappa shape index (κ2) is 4.18. The smallest absolute Gasteiger partial charge is 0.264 e. The SMILES string of the molecule is NCC(F)(F)Cc1cccc2ccccc12. The summed E-state index contributed by atoms with van der Waals surface area (Å²) in [4.78, 5) is 0. The molecule has 0 amide bonds. The van der Waals surface area contributed by atoms with E-state index in [9.17, 15) is 8.78 Å². The third-order valence-electron chi connectivity index (χ3n) is 2.63. The Morgan fingerprint density at radius 2 is 1.69 bits per heavy atom. The van der Waals surface area contributed by atoms with Crippen LogP contribution < -0.4 is 5.73 Å². The summed E-state index contributed by atoms with van der Waals surface area (Å²) in [6.07, 6.45) is -0.301. The van der Waals surface area contributed by atoms with Crippen LogP contribution in [0.4, 0.5) is 8.78 Å². The molecule has 0 fully saturated rings. The zero-order valence-electron chi connectivity index (χ0n) is 8.79. The molecule has 0 heterocycles. The monoisotopic (exact) mass is 221 g/mol. The first-order valence-corrected chi connectivity index (χ1v) is 5.17. The van der Waals surface area contributed by atoms with Crippen LogP contribution in [0.25, 0.3) is 10.8 Å². The lowest BCUT2D eigenvalue weighted by Gasteiger charge is -2.15. The summed E-state index contributed by atoms with van der Waals surface area (Å²) in [6, 6.07) is 13.0. The van der Waals surface area contributed by atoms with E-state index in [0.717, 1.165) is 10.8 Å². The molecule has 0 bridgehead atoms. The fourth-order valence-corrected chi connectivity index (χ4v) is 1.80. The van der Waals surface area contributed by atoms with Crippen LogP contribution in [-0.2, 0) is 6.42 Å². The molecule has 0 unspecified atom stereocenters. The topological polar surface area (TPSA) is 26.0 Å². The first-order valence-electron chi connectivity index (χ1n) is 5.17. The van der Waals surface area contributed by atoms with E-state index < -0.39 is 12.5 Å². The van der Waals surface area contributed by atoms with E-state index in [1.54, 1.807) is 12.1 Å². The predicted molar refractivity (Wildman–Crippen MR) is 61.7 cm³/mol. The van der Waals surface area contributed by atoms with Gasteiger partial charge in [-0.05, 0) is 16.3 Å². The Morgan fingerprint density at radius 3 is 2.44 bits per heavy atom. The van der Waals surface area contributed by atoms with Crippen LogP contribution >= 0.6 is 0 Å². The number of fused-ring (bicyclic) bond motifs is 1. The minimum Gasteiger partial charge on any atom is -0.325 e. The van der Waals surface area contributed by atoms with Crippen molar-refractivity contribution < 1.29 is 8.78 Å². The van der Waals surface area contributed by atoms with Crippen molar-refractivity contribution >= 4 is 10.8 Å². The number of rotatable bonds is 3. The fraction of sp³-hybridized carbons (Fsp3) is 0.231. The Kier molecular flexibility index (Phi) is 2.88. The maximum absolute atomic E-state index is 13.2. The maximum atomic E-state index is 13.2. The third kappa shape index (κ3) is 2.19. The highest BCUT2D eigenvalue weighted by Crippen LogP contribution is 2.25. The highest BCUT2D eigenvalue weighted by atomic mass is 19.3. The van der Waals surface area contributed by atoms with Crippen molar-refractivity contribution in [2.75, 3.05) is 6.54 Å². The standard InChI is InChI=1S/C13H13F2N/c14-13(15,9-16)8-11-6-3-5-10-4-1-2-7-12(10)11/h1-7H,8-9,16H2. The summed E-state index contributed by atoms with van der Waals surface area (Å²) >= 11 is 0. The number of halogens is 2. The molecule has 0 saturated heterocycles. The van der Waals surface area contributed by atoms with Gasteiger partial charge >= 0.3 is 0 Å². The van der Waals surface area contributed by atoms with Crippen molar-refractivity contribution in [1.82, 2.24) is 0 Å². The summed E-state index contributed by atoms with van der Waals surface area (Å²) in [5, 5.41) is 1.85. The van der Waals surface area contributed by atoms with E-state index in [0.29, 0.717) is 5.56 Å². The molecule has 0 aliphatic rings. The van der Waals surface area contributed by atoms with Crippen LogP contribution in [0.1, 0.15) is 5.56 Å². The molecule has 0 radical (unpaired) electrons. The number of nitrogens with two attached hydrogens (primary N) is 1. The Labute approximate surface area is 92.9 Å². The maximum Gasteiger partial charge on any atom is 0.264 e. The van der Waals surface area contributed by atoms with Gasteiger partial charge in [0, 0.05) is 6.42 Å². The van der Waals surface area contributed by atoms with E-state index in [1.807, 2.05) is 30.3 Å². The lowest BCUT2D eigenvalue weighted by molar-refractivity contribution is 0.0118. The van der Waals surface area contributed by atoms with Crippen LogP contribution in [0.2, 0.25) is 0 Å². The highest BCUT2D eigenvalue weighted by molar-refractivity contribution is 5.85. The molecule has 2 aromatic rings. The number of alkyl halides is 2. The van der Waals surface area contributed by atoms with Gasteiger partial charge < -0.3 is 5.73 Å². The summed E-state index contributed by atoms with van der Waals surface area (Å²) in [7, 11) is 0. The molecule has 2 N–H and O–H groups in total. The number of hydrogen-bond acceptors (Lipinski definition) is 1. The summed E-state index contributed by atoms with van der Waals surface area (Å²) in [5.74, 6) is -2.83. The molecule has 16 heavy (non-hydrogen) atoms. The molecule has 3 heteroatoms. The van der Waals surface area contributed by atoms with Gasteiger partial charge in [-0.25, -0.2) is 8.78 Å². The second-order valence-corrected chi connectivity index (χ2v) is 3.88. The molecule has 84 valence electrons. The van der Waals surface area contributed by atoms with Crippen LogP contribution in [0.5, 0.6) is 0 Å². The molecule has 1 nitrogen and oxygen atoms in total. The predicted octanol–water partition coefficient (Wildman–Crippen LogP) is 2.98. The lowest BCUT2D eigenvalue weighted by atomic mass is 9.99. The molecule has 0 aromatic heterocycles. The van der Waals surface area contributed by atoms with Crippen LogP contribution in [0.3, 0.4) is 0 Å². The van der Waals surface area contributed by atoms with E-state index in [4.69, 9.17) is 5.73 Å². The van der Waals surface area contributed by atoms with Crippen LogP contribution in [0.15, 0.2) is 42.5 Å². The van der Waals surface area contributed by atoms with Gasteiger partial charge in [-0.1, -0.05) is 42.5 Å². The number of benzene rings is 2. The van der Waals surface area contributed by atoms with Crippen molar-refractivity contribution in [2.45, 2.75) is 12.3 Å². The quantitative estimate of drug-likeness (QED) is 0.847. The van der Waals surface area contributed by atoms with Crippen molar-refractivity contribution in [3.05, 3.63) is 48.0 Å². The van der Waals surface area contributed by atoms with Crippen molar-refractivity contribution in [3.63, 3.8) is 0 Å². The van der Waals surface area contributed by atoms with E-state index in [-0.39, 0.29) is 6.42 Å². The number of hydrogen-bond donors (Lipinski definition) is 1. The van der Waals surface area contributed by atoms with Crippen LogP contribution in [0, 0.1) is 0 Å². The van der Waals surface area contributed by atoms with E-state index >= 15 is 0 Å². The van der Waals surface area contributed by atoms with Gasteiger partial charge in [0.1, 0.15) is 0 Å².